The number of halogens is 1. The molecule has 0 spiro atoms. The van der Waals surface area contributed by atoms with E-state index in [1.54, 1.807) is 0 Å². The number of hydrogen-bond donors (Lipinski definition) is 0. The fraction of sp³-hybridized carbons (Fsp3) is 0.500. The lowest BCUT2D eigenvalue weighted by molar-refractivity contribution is 0.0972. The molecule has 0 bridgehead atoms. The molecule has 0 N–H and O–H groups in total. The van der Waals surface area contributed by atoms with E-state index in [0.717, 1.165) is 47.9 Å². The van der Waals surface area contributed by atoms with Gasteiger partial charge in [0.05, 0.1) is 23.7 Å². The van der Waals surface area contributed by atoms with Gasteiger partial charge < -0.3 is 9.30 Å². The molecule has 18 heavy (non-hydrogen) atoms. The number of ether oxygens (including phenoxy) is 1. The van der Waals surface area contributed by atoms with Gasteiger partial charge in [-0.3, -0.25) is 0 Å². The van der Waals surface area contributed by atoms with Crippen LogP contribution in [0.1, 0.15) is 25.6 Å². The van der Waals surface area contributed by atoms with Gasteiger partial charge in [0.1, 0.15) is 5.82 Å². The summed E-state index contributed by atoms with van der Waals surface area (Å²) in [6, 6.07) is 5.91. The van der Waals surface area contributed by atoms with Gasteiger partial charge >= 0.3 is 0 Å². The molecule has 1 saturated heterocycles. The second-order valence-corrected chi connectivity index (χ2v) is 5.20. The molecule has 1 unspecified atom stereocenters. The number of benzene rings is 1. The van der Waals surface area contributed by atoms with E-state index in [9.17, 15) is 0 Å². The number of hydrogen-bond acceptors (Lipinski definition) is 2. The maximum atomic E-state index is 6.02. The minimum atomic E-state index is 0.336. The number of aryl methyl sites for hydroxylation is 1. The Labute approximate surface area is 112 Å². The normalized spacial score (nSPS) is 19.8. The molecule has 1 aliphatic rings. The van der Waals surface area contributed by atoms with Gasteiger partial charge in [0.15, 0.2) is 0 Å². The summed E-state index contributed by atoms with van der Waals surface area (Å²) in [6.07, 6.45) is 3.59. The lowest BCUT2D eigenvalue weighted by Crippen LogP contribution is -2.16. The fourth-order valence-electron chi connectivity index (χ4n) is 2.62. The molecule has 1 atom stereocenters. The largest absolute Gasteiger partial charge is 0.376 e. The topological polar surface area (TPSA) is 27.1 Å². The van der Waals surface area contributed by atoms with Crippen molar-refractivity contribution >= 4 is 22.6 Å². The molecule has 0 aliphatic carbocycles. The molecule has 2 heterocycles. The van der Waals surface area contributed by atoms with E-state index in [4.69, 9.17) is 16.3 Å². The summed E-state index contributed by atoms with van der Waals surface area (Å²) in [5.74, 6) is 1.11. The van der Waals surface area contributed by atoms with Crippen molar-refractivity contribution in [3.63, 3.8) is 0 Å². The molecule has 4 heteroatoms. The average Bonchev–Trinajstić information content (AvgIpc) is 2.97. The first-order valence-corrected chi connectivity index (χ1v) is 6.92. The molecule has 1 fully saturated rings. The second-order valence-electron chi connectivity index (χ2n) is 4.76. The predicted octanol–water partition coefficient (Wildman–Crippen LogP) is 3.43. The molecule has 96 valence electrons. The molecule has 0 saturated carbocycles. The van der Waals surface area contributed by atoms with Crippen LogP contribution < -0.4 is 0 Å². The van der Waals surface area contributed by atoms with Crippen molar-refractivity contribution < 1.29 is 4.74 Å². The molecular formula is C14H17ClN2O. The molecule has 3 rings (SSSR count). The highest BCUT2D eigenvalue weighted by atomic mass is 35.5. The van der Waals surface area contributed by atoms with Gasteiger partial charge in [-0.25, -0.2) is 4.98 Å². The van der Waals surface area contributed by atoms with Crippen molar-refractivity contribution in [1.82, 2.24) is 9.55 Å². The zero-order chi connectivity index (χ0) is 12.5. The standard InChI is InChI=1S/C14H17ClN2O/c1-2-14-16-12-8-10(15)5-6-13(12)17(14)9-11-4-3-7-18-11/h5-6,8,11H,2-4,7,9H2,1H3. The van der Waals surface area contributed by atoms with Crippen LogP contribution in [-0.2, 0) is 17.7 Å². The minimum Gasteiger partial charge on any atom is -0.376 e. The van der Waals surface area contributed by atoms with Crippen molar-refractivity contribution in [1.29, 1.82) is 0 Å². The second kappa shape index (κ2) is 4.90. The molecule has 0 radical (unpaired) electrons. The Bertz CT molecular complexity index is 558. The third kappa shape index (κ3) is 2.13. The van der Waals surface area contributed by atoms with E-state index in [1.165, 1.54) is 6.42 Å². The smallest absolute Gasteiger partial charge is 0.109 e. The van der Waals surface area contributed by atoms with E-state index in [0.29, 0.717) is 6.10 Å². The minimum absolute atomic E-state index is 0.336. The van der Waals surface area contributed by atoms with E-state index >= 15 is 0 Å². The molecular weight excluding hydrogens is 248 g/mol. The summed E-state index contributed by atoms with van der Waals surface area (Å²) in [7, 11) is 0. The van der Waals surface area contributed by atoms with Crippen LogP contribution in [0, 0.1) is 0 Å². The number of imidazole rings is 1. The van der Waals surface area contributed by atoms with Crippen LogP contribution in [0.25, 0.3) is 11.0 Å². The molecule has 1 aromatic heterocycles. The third-order valence-corrected chi connectivity index (χ3v) is 3.75. The van der Waals surface area contributed by atoms with Crippen LogP contribution in [0.2, 0.25) is 5.02 Å². The van der Waals surface area contributed by atoms with Gasteiger partial charge in [-0.2, -0.15) is 0 Å². The lowest BCUT2D eigenvalue weighted by atomic mass is 10.2. The number of nitrogens with zero attached hydrogens (tertiary/aromatic N) is 2. The summed E-state index contributed by atoms with van der Waals surface area (Å²) in [6.45, 7) is 3.93. The first-order valence-electron chi connectivity index (χ1n) is 6.54. The van der Waals surface area contributed by atoms with Gasteiger partial charge in [0.2, 0.25) is 0 Å². The van der Waals surface area contributed by atoms with Crippen LogP contribution in [0.5, 0.6) is 0 Å². The summed E-state index contributed by atoms with van der Waals surface area (Å²) in [4.78, 5) is 4.66. The van der Waals surface area contributed by atoms with E-state index in [2.05, 4.69) is 22.5 Å². The summed E-state index contributed by atoms with van der Waals surface area (Å²) >= 11 is 6.02. The van der Waals surface area contributed by atoms with Crippen molar-refractivity contribution in [2.75, 3.05) is 6.61 Å². The van der Waals surface area contributed by atoms with Crippen molar-refractivity contribution in [3.8, 4) is 0 Å². The van der Waals surface area contributed by atoms with Crippen molar-refractivity contribution in [2.45, 2.75) is 38.8 Å². The SMILES string of the molecule is CCc1nc2cc(Cl)ccc2n1CC1CCCO1. The predicted molar refractivity (Wildman–Crippen MR) is 73.1 cm³/mol. The van der Waals surface area contributed by atoms with Crippen LogP contribution >= 0.6 is 11.6 Å². The van der Waals surface area contributed by atoms with Crippen LogP contribution in [0.15, 0.2) is 18.2 Å². The van der Waals surface area contributed by atoms with E-state index in [-0.39, 0.29) is 0 Å². The lowest BCUT2D eigenvalue weighted by Gasteiger charge is -2.13. The van der Waals surface area contributed by atoms with E-state index < -0.39 is 0 Å². The number of aromatic nitrogens is 2. The van der Waals surface area contributed by atoms with Gasteiger partial charge in [-0.15, -0.1) is 0 Å². The summed E-state index contributed by atoms with van der Waals surface area (Å²) < 4.78 is 8.00. The van der Waals surface area contributed by atoms with Crippen molar-refractivity contribution in [2.24, 2.45) is 0 Å². The fourth-order valence-corrected chi connectivity index (χ4v) is 2.78. The Morgan fingerprint density at radius 3 is 3.11 bits per heavy atom. The van der Waals surface area contributed by atoms with Crippen LogP contribution in [0.4, 0.5) is 0 Å². The number of fused-ring (bicyclic) bond motifs is 1. The molecule has 2 aromatic rings. The van der Waals surface area contributed by atoms with E-state index in [1.807, 2.05) is 12.1 Å². The first kappa shape index (κ1) is 12.0. The van der Waals surface area contributed by atoms with Crippen LogP contribution in [-0.4, -0.2) is 22.3 Å². The summed E-state index contributed by atoms with van der Waals surface area (Å²) in [5.41, 5.74) is 2.14. The van der Waals surface area contributed by atoms with Gasteiger partial charge in [0, 0.05) is 18.1 Å². The Morgan fingerprint density at radius 2 is 2.39 bits per heavy atom. The van der Waals surface area contributed by atoms with Crippen LogP contribution in [0.3, 0.4) is 0 Å². The van der Waals surface area contributed by atoms with Gasteiger partial charge in [-0.05, 0) is 31.0 Å². The molecule has 3 nitrogen and oxygen atoms in total. The Hall–Kier alpha value is -1.06. The first-order chi connectivity index (χ1) is 8.78. The Balaban J connectivity index is 2.01. The van der Waals surface area contributed by atoms with Gasteiger partial charge in [-0.1, -0.05) is 18.5 Å². The molecule has 1 aromatic carbocycles. The maximum Gasteiger partial charge on any atom is 0.109 e. The third-order valence-electron chi connectivity index (χ3n) is 3.52. The average molecular weight is 265 g/mol. The Morgan fingerprint density at radius 1 is 1.50 bits per heavy atom. The van der Waals surface area contributed by atoms with Crippen molar-refractivity contribution in [3.05, 3.63) is 29.0 Å². The molecule has 0 amide bonds. The highest BCUT2D eigenvalue weighted by Gasteiger charge is 2.19. The van der Waals surface area contributed by atoms with Gasteiger partial charge in [0.25, 0.3) is 0 Å². The number of rotatable bonds is 3. The monoisotopic (exact) mass is 264 g/mol. The highest BCUT2D eigenvalue weighted by Crippen LogP contribution is 2.23. The zero-order valence-corrected chi connectivity index (χ0v) is 11.3. The highest BCUT2D eigenvalue weighted by molar-refractivity contribution is 6.31. The zero-order valence-electron chi connectivity index (χ0n) is 10.5. The molecule has 1 aliphatic heterocycles. The maximum absolute atomic E-state index is 6.02. The quantitative estimate of drug-likeness (QED) is 0.849. The summed E-state index contributed by atoms with van der Waals surface area (Å²) in [5, 5.41) is 0.743. The Kier molecular flexibility index (Phi) is 3.27.